The van der Waals surface area contributed by atoms with E-state index in [4.69, 9.17) is 11.6 Å². The number of amides is 2. The highest BCUT2D eigenvalue weighted by Gasteiger charge is 2.20. The molecule has 1 fully saturated rings. The summed E-state index contributed by atoms with van der Waals surface area (Å²) in [6.45, 7) is 4.30. The van der Waals surface area contributed by atoms with Gasteiger partial charge in [0.2, 0.25) is 0 Å². The summed E-state index contributed by atoms with van der Waals surface area (Å²) >= 11 is 9.40. The summed E-state index contributed by atoms with van der Waals surface area (Å²) in [4.78, 5) is 13.9. The normalized spacial score (nSPS) is 18.7. The molecule has 1 aromatic carbocycles. The van der Waals surface area contributed by atoms with Crippen LogP contribution in [0.4, 0.5) is 10.5 Å². The number of piperazine rings is 1. The molecule has 1 heterocycles. The van der Waals surface area contributed by atoms with Crippen LogP contribution in [-0.4, -0.2) is 36.6 Å². The Labute approximate surface area is 132 Å². The highest BCUT2D eigenvalue weighted by Crippen LogP contribution is 2.25. The second-order valence-corrected chi connectivity index (χ2v) is 5.68. The van der Waals surface area contributed by atoms with E-state index in [2.05, 4.69) is 33.5 Å². The number of nitrogens with one attached hydrogen (secondary N) is 2. The van der Waals surface area contributed by atoms with Gasteiger partial charge in [0.05, 0.1) is 10.7 Å². The fraction of sp³-hybridized carbons (Fsp3) is 0.417. The van der Waals surface area contributed by atoms with Gasteiger partial charge in [-0.25, -0.2) is 4.79 Å². The van der Waals surface area contributed by atoms with E-state index in [9.17, 15) is 4.79 Å². The number of carbonyl (C=O) groups is 1. The molecule has 106 valence electrons. The van der Waals surface area contributed by atoms with Gasteiger partial charge in [-0.15, -0.1) is 12.4 Å². The van der Waals surface area contributed by atoms with Crippen LogP contribution >= 0.6 is 39.9 Å². The Kier molecular flexibility index (Phi) is 6.39. The maximum atomic E-state index is 12.1. The summed E-state index contributed by atoms with van der Waals surface area (Å²) in [7, 11) is 0. The van der Waals surface area contributed by atoms with Crippen molar-refractivity contribution in [3.05, 3.63) is 27.7 Å². The molecule has 0 aliphatic carbocycles. The van der Waals surface area contributed by atoms with Gasteiger partial charge in [0.15, 0.2) is 0 Å². The molecule has 1 aliphatic rings. The van der Waals surface area contributed by atoms with Crippen molar-refractivity contribution in [1.29, 1.82) is 0 Å². The smallest absolute Gasteiger partial charge is 0.321 e. The first-order valence-corrected chi connectivity index (χ1v) is 6.97. The van der Waals surface area contributed by atoms with Gasteiger partial charge in [-0.05, 0) is 25.1 Å². The summed E-state index contributed by atoms with van der Waals surface area (Å²) in [6, 6.07) is 5.62. The minimum absolute atomic E-state index is 0. The average molecular weight is 369 g/mol. The summed E-state index contributed by atoms with van der Waals surface area (Å²) in [5.41, 5.74) is 0.635. The molecule has 1 saturated heterocycles. The number of urea groups is 1. The van der Waals surface area contributed by atoms with Crippen LogP contribution in [0.5, 0.6) is 0 Å². The van der Waals surface area contributed by atoms with Gasteiger partial charge in [0.1, 0.15) is 0 Å². The van der Waals surface area contributed by atoms with Crippen LogP contribution in [-0.2, 0) is 0 Å². The number of anilines is 1. The highest BCUT2D eigenvalue weighted by molar-refractivity contribution is 9.10. The molecule has 7 heteroatoms. The molecule has 1 atom stereocenters. The van der Waals surface area contributed by atoms with E-state index in [1.54, 1.807) is 17.0 Å². The Morgan fingerprint density at radius 1 is 1.58 bits per heavy atom. The number of benzene rings is 1. The van der Waals surface area contributed by atoms with Gasteiger partial charge in [0.25, 0.3) is 0 Å². The summed E-state index contributed by atoms with van der Waals surface area (Å²) < 4.78 is 0.890. The molecule has 0 spiro atoms. The molecule has 0 bridgehead atoms. The fourth-order valence-corrected chi connectivity index (χ4v) is 2.62. The van der Waals surface area contributed by atoms with Gasteiger partial charge < -0.3 is 15.5 Å². The first-order valence-electron chi connectivity index (χ1n) is 5.80. The molecule has 0 unspecified atom stereocenters. The third kappa shape index (κ3) is 4.53. The Balaban J connectivity index is 0.00000180. The molecule has 0 radical (unpaired) electrons. The second kappa shape index (κ2) is 7.33. The third-order valence-corrected chi connectivity index (χ3v) is 3.63. The van der Waals surface area contributed by atoms with Crippen LogP contribution in [0.3, 0.4) is 0 Å². The average Bonchev–Trinajstić information content (AvgIpc) is 2.32. The van der Waals surface area contributed by atoms with Crippen LogP contribution in [0.1, 0.15) is 6.92 Å². The number of carbonyl (C=O) groups excluding carboxylic acids is 1. The largest absolute Gasteiger partial charge is 0.322 e. The zero-order chi connectivity index (χ0) is 13.1. The molecule has 4 nitrogen and oxygen atoms in total. The third-order valence-electron chi connectivity index (χ3n) is 2.83. The number of nitrogens with zero attached hydrogens (tertiary/aromatic N) is 1. The first kappa shape index (κ1) is 16.6. The zero-order valence-electron chi connectivity index (χ0n) is 10.5. The van der Waals surface area contributed by atoms with Crippen molar-refractivity contribution in [3.63, 3.8) is 0 Å². The SMILES string of the molecule is C[C@H]1CN(C(=O)Nc2ccc(Br)cc2Cl)CCN1.Cl. The Morgan fingerprint density at radius 2 is 2.32 bits per heavy atom. The lowest BCUT2D eigenvalue weighted by atomic mass is 10.2. The lowest BCUT2D eigenvalue weighted by molar-refractivity contribution is 0.192. The van der Waals surface area contributed by atoms with Crippen molar-refractivity contribution >= 4 is 51.7 Å². The van der Waals surface area contributed by atoms with Crippen LogP contribution in [0.2, 0.25) is 5.02 Å². The Morgan fingerprint density at radius 3 is 2.95 bits per heavy atom. The van der Waals surface area contributed by atoms with Crippen LogP contribution in [0.15, 0.2) is 22.7 Å². The molecule has 0 aromatic heterocycles. The minimum Gasteiger partial charge on any atom is -0.322 e. The predicted octanol–water partition coefficient (Wildman–Crippen LogP) is 3.35. The van der Waals surface area contributed by atoms with Crippen LogP contribution < -0.4 is 10.6 Å². The lowest BCUT2D eigenvalue weighted by Gasteiger charge is -2.31. The van der Waals surface area contributed by atoms with Crippen molar-refractivity contribution in [1.82, 2.24) is 10.2 Å². The molecule has 1 aliphatic heterocycles. The van der Waals surface area contributed by atoms with Crippen LogP contribution in [0.25, 0.3) is 0 Å². The molecule has 19 heavy (non-hydrogen) atoms. The van der Waals surface area contributed by atoms with Crippen molar-refractivity contribution in [3.8, 4) is 0 Å². The maximum absolute atomic E-state index is 12.1. The summed E-state index contributed by atoms with van der Waals surface area (Å²) in [5.74, 6) is 0. The van der Waals surface area contributed by atoms with E-state index in [0.29, 0.717) is 29.8 Å². The maximum Gasteiger partial charge on any atom is 0.321 e. The Hall–Kier alpha value is -0.490. The van der Waals surface area contributed by atoms with Gasteiger partial charge in [-0.1, -0.05) is 27.5 Å². The van der Waals surface area contributed by atoms with E-state index in [1.807, 2.05) is 6.07 Å². The lowest BCUT2D eigenvalue weighted by Crippen LogP contribution is -2.52. The molecular weight excluding hydrogens is 353 g/mol. The van der Waals surface area contributed by atoms with E-state index < -0.39 is 0 Å². The molecule has 2 N–H and O–H groups in total. The van der Waals surface area contributed by atoms with Crippen molar-refractivity contribution in [2.75, 3.05) is 25.0 Å². The van der Waals surface area contributed by atoms with E-state index >= 15 is 0 Å². The molecule has 0 saturated carbocycles. The zero-order valence-corrected chi connectivity index (χ0v) is 13.6. The number of hydrogen-bond acceptors (Lipinski definition) is 2. The van der Waals surface area contributed by atoms with Crippen molar-refractivity contribution < 1.29 is 4.79 Å². The van der Waals surface area contributed by atoms with Gasteiger partial charge in [-0.2, -0.15) is 0 Å². The molecular formula is C12H16BrCl2N3O. The number of halogens is 3. The van der Waals surface area contributed by atoms with E-state index in [0.717, 1.165) is 11.0 Å². The standard InChI is InChI=1S/C12H15BrClN3O.ClH/c1-8-7-17(5-4-15-8)12(18)16-11-3-2-9(13)6-10(11)14;/h2-3,6,8,15H,4-5,7H2,1H3,(H,16,18);1H/t8-;/m0./s1. The molecule has 2 amide bonds. The predicted molar refractivity (Wildman–Crippen MR) is 84.5 cm³/mol. The second-order valence-electron chi connectivity index (χ2n) is 4.36. The molecule has 1 aromatic rings. The van der Waals surface area contributed by atoms with Crippen LogP contribution in [0, 0.1) is 0 Å². The van der Waals surface area contributed by atoms with Crippen molar-refractivity contribution in [2.24, 2.45) is 0 Å². The van der Waals surface area contributed by atoms with E-state index in [-0.39, 0.29) is 18.4 Å². The summed E-state index contributed by atoms with van der Waals surface area (Å²) in [6.07, 6.45) is 0. The number of hydrogen-bond donors (Lipinski definition) is 2. The van der Waals surface area contributed by atoms with Gasteiger partial charge in [0, 0.05) is 30.1 Å². The van der Waals surface area contributed by atoms with Crippen molar-refractivity contribution in [2.45, 2.75) is 13.0 Å². The Bertz CT molecular complexity index is 459. The highest BCUT2D eigenvalue weighted by atomic mass is 79.9. The first-order chi connectivity index (χ1) is 8.56. The fourth-order valence-electron chi connectivity index (χ4n) is 1.90. The minimum atomic E-state index is -0.104. The van der Waals surface area contributed by atoms with E-state index in [1.165, 1.54) is 0 Å². The van der Waals surface area contributed by atoms with Gasteiger partial charge in [-0.3, -0.25) is 0 Å². The topological polar surface area (TPSA) is 44.4 Å². The molecule has 2 rings (SSSR count). The monoisotopic (exact) mass is 367 g/mol. The van der Waals surface area contributed by atoms with Gasteiger partial charge >= 0.3 is 6.03 Å². The quantitative estimate of drug-likeness (QED) is 0.798. The number of rotatable bonds is 1. The summed E-state index contributed by atoms with van der Waals surface area (Å²) in [5, 5.41) is 6.66.